The molecule has 0 heterocycles. The fourth-order valence-electron chi connectivity index (χ4n) is 2.48. The Hall–Kier alpha value is -1.25. The summed E-state index contributed by atoms with van der Waals surface area (Å²) in [6.45, 7) is 2.91. The summed E-state index contributed by atoms with van der Waals surface area (Å²) in [6.07, 6.45) is 3.55. The number of halogens is 1. The maximum Gasteiger partial charge on any atom is 0.127 e. The van der Waals surface area contributed by atoms with Crippen LogP contribution in [0, 0.1) is 5.92 Å². The first-order valence-corrected chi connectivity index (χ1v) is 7.13. The smallest absolute Gasteiger partial charge is 0.127 e. The molecule has 1 saturated carbocycles. The Morgan fingerprint density at radius 3 is 2.50 bits per heavy atom. The van der Waals surface area contributed by atoms with Gasteiger partial charge in [-0.15, -0.1) is 12.4 Å². The standard InChI is InChI=1S/C17H21NO.ClH/c1-12(18)10-14-8-9-17(19-11-13-6-7-13)16-5-3-2-4-15(14)16;/h2-5,8-9,12-13H,6-7,10-11,18H2,1H3;1H. The quantitative estimate of drug-likeness (QED) is 0.905. The van der Waals surface area contributed by atoms with E-state index in [2.05, 4.69) is 36.4 Å². The minimum Gasteiger partial charge on any atom is -0.493 e. The summed E-state index contributed by atoms with van der Waals surface area (Å²) < 4.78 is 5.97. The normalized spacial score (nSPS) is 15.7. The third-order valence-electron chi connectivity index (χ3n) is 3.69. The number of nitrogens with two attached hydrogens (primary N) is 1. The molecule has 0 aromatic heterocycles. The van der Waals surface area contributed by atoms with Crippen LogP contribution in [-0.4, -0.2) is 12.6 Å². The lowest BCUT2D eigenvalue weighted by atomic mass is 9.99. The predicted octanol–water partition coefficient (Wildman–Crippen LogP) is 3.94. The lowest BCUT2D eigenvalue weighted by Crippen LogP contribution is -2.17. The molecular formula is C17H22ClNO. The summed E-state index contributed by atoms with van der Waals surface area (Å²) in [5.74, 6) is 1.79. The van der Waals surface area contributed by atoms with Crippen molar-refractivity contribution in [1.29, 1.82) is 0 Å². The summed E-state index contributed by atoms with van der Waals surface area (Å²) in [6, 6.07) is 12.9. The van der Waals surface area contributed by atoms with Gasteiger partial charge >= 0.3 is 0 Å². The van der Waals surface area contributed by atoms with Gasteiger partial charge in [0.15, 0.2) is 0 Å². The minimum atomic E-state index is 0. The summed E-state index contributed by atoms with van der Waals surface area (Å²) in [7, 11) is 0. The van der Waals surface area contributed by atoms with Crippen molar-refractivity contribution in [2.24, 2.45) is 11.7 Å². The van der Waals surface area contributed by atoms with Crippen LogP contribution < -0.4 is 10.5 Å². The van der Waals surface area contributed by atoms with Gasteiger partial charge in [-0.1, -0.05) is 30.3 Å². The molecule has 2 N–H and O–H groups in total. The van der Waals surface area contributed by atoms with Crippen LogP contribution in [-0.2, 0) is 6.42 Å². The Labute approximate surface area is 126 Å². The molecule has 0 spiro atoms. The molecule has 2 nitrogen and oxygen atoms in total. The van der Waals surface area contributed by atoms with Crippen molar-refractivity contribution in [3.05, 3.63) is 42.0 Å². The van der Waals surface area contributed by atoms with Crippen LogP contribution >= 0.6 is 12.4 Å². The van der Waals surface area contributed by atoms with Gasteiger partial charge < -0.3 is 10.5 Å². The number of fused-ring (bicyclic) bond motifs is 1. The third-order valence-corrected chi connectivity index (χ3v) is 3.69. The van der Waals surface area contributed by atoms with Gasteiger partial charge in [-0.05, 0) is 49.1 Å². The second kappa shape index (κ2) is 6.47. The summed E-state index contributed by atoms with van der Waals surface area (Å²) in [5.41, 5.74) is 7.24. The highest BCUT2D eigenvalue weighted by Crippen LogP contribution is 2.33. The van der Waals surface area contributed by atoms with E-state index < -0.39 is 0 Å². The van der Waals surface area contributed by atoms with Gasteiger partial charge in [0.25, 0.3) is 0 Å². The number of hydrogen-bond donors (Lipinski definition) is 1. The molecule has 0 radical (unpaired) electrons. The van der Waals surface area contributed by atoms with E-state index >= 15 is 0 Å². The SMILES string of the molecule is CC(N)Cc1ccc(OCC2CC2)c2ccccc12.Cl. The largest absolute Gasteiger partial charge is 0.493 e. The van der Waals surface area contributed by atoms with Crippen molar-refractivity contribution >= 4 is 23.2 Å². The molecule has 2 aromatic carbocycles. The molecule has 0 bridgehead atoms. The van der Waals surface area contributed by atoms with Crippen molar-refractivity contribution in [3.63, 3.8) is 0 Å². The first-order chi connectivity index (χ1) is 9.24. The molecule has 108 valence electrons. The van der Waals surface area contributed by atoms with Gasteiger partial charge in [0, 0.05) is 11.4 Å². The molecule has 0 saturated heterocycles. The lowest BCUT2D eigenvalue weighted by Gasteiger charge is -2.13. The van der Waals surface area contributed by atoms with Crippen LogP contribution in [0.5, 0.6) is 5.75 Å². The van der Waals surface area contributed by atoms with Gasteiger partial charge in [0.05, 0.1) is 6.61 Å². The molecule has 3 heteroatoms. The molecule has 1 aliphatic carbocycles. The molecule has 0 aliphatic heterocycles. The van der Waals surface area contributed by atoms with Crippen molar-refractivity contribution in [2.75, 3.05) is 6.61 Å². The Bertz CT molecular complexity index is 578. The number of rotatable bonds is 5. The average Bonchev–Trinajstić information content (AvgIpc) is 3.21. The maximum atomic E-state index is 5.97. The average molecular weight is 292 g/mol. The Kier molecular flexibility index (Phi) is 4.90. The van der Waals surface area contributed by atoms with Crippen LogP contribution in [0.25, 0.3) is 10.8 Å². The van der Waals surface area contributed by atoms with Gasteiger partial charge in [0.2, 0.25) is 0 Å². The topological polar surface area (TPSA) is 35.2 Å². The van der Waals surface area contributed by atoms with Crippen LogP contribution in [0.2, 0.25) is 0 Å². The van der Waals surface area contributed by atoms with E-state index in [1.165, 1.54) is 29.2 Å². The van der Waals surface area contributed by atoms with Crippen molar-refractivity contribution in [1.82, 2.24) is 0 Å². The Balaban J connectivity index is 0.00000147. The van der Waals surface area contributed by atoms with Gasteiger partial charge in [-0.2, -0.15) is 0 Å². The molecule has 1 atom stereocenters. The first kappa shape index (κ1) is 15.1. The van der Waals surface area contributed by atoms with Crippen LogP contribution in [0.3, 0.4) is 0 Å². The van der Waals surface area contributed by atoms with Gasteiger partial charge in [-0.25, -0.2) is 0 Å². The summed E-state index contributed by atoms with van der Waals surface area (Å²) >= 11 is 0. The number of ether oxygens (including phenoxy) is 1. The van der Waals surface area contributed by atoms with Gasteiger partial charge in [0.1, 0.15) is 5.75 Å². The zero-order chi connectivity index (χ0) is 13.2. The first-order valence-electron chi connectivity index (χ1n) is 7.13. The molecule has 0 amide bonds. The molecule has 1 fully saturated rings. The van der Waals surface area contributed by atoms with E-state index in [4.69, 9.17) is 10.5 Å². The van der Waals surface area contributed by atoms with Crippen LogP contribution in [0.15, 0.2) is 36.4 Å². The Morgan fingerprint density at radius 1 is 1.15 bits per heavy atom. The number of hydrogen-bond acceptors (Lipinski definition) is 2. The van der Waals surface area contributed by atoms with Crippen molar-refractivity contribution in [3.8, 4) is 5.75 Å². The monoisotopic (exact) mass is 291 g/mol. The minimum absolute atomic E-state index is 0. The van der Waals surface area contributed by atoms with Gasteiger partial charge in [-0.3, -0.25) is 0 Å². The highest BCUT2D eigenvalue weighted by molar-refractivity contribution is 5.91. The lowest BCUT2D eigenvalue weighted by molar-refractivity contribution is 0.303. The number of benzene rings is 2. The molecule has 3 rings (SSSR count). The third kappa shape index (κ3) is 3.44. The van der Waals surface area contributed by atoms with Crippen LogP contribution in [0.4, 0.5) is 0 Å². The molecule has 20 heavy (non-hydrogen) atoms. The van der Waals surface area contributed by atoms with E-state index in [0.29, 0.717) is 0 Å². The molecular weight excluding hydrogens is 270 g/mol. The zero-order valence-corrected chi connectivity index (χ0v) is 12.7. The molecule has 1 aliphatic rings. The van der Waals surface area contributed by atoms with E-state index in [-0.39, 0.29) is 18.4 Å². The fraction of sp³-hybridized carbons (Fsp3) is 0.412. The maximum absolute atomic E-state index is 5.97. The Morgan fingerprint density at radius 2 is 1.85 bits per heavy atom. The fourth-order valence-corrected chi connectivity index (χ4v) is 2.48. The predicted molar refractivity (Wildman–Crippen MR) is 86.8 cm³/mol. The summed E-state index contributed by atoms with van der Waals surface area (Å²) in [4.78, 5) is 0. The van der Waals surface area contributed by atoms with E-state index in [9.17, 15) is 0 Å². The second-order valence-electron chi connectivity index (χ2n) is 5.70. The zero-order valence-electron chi connectivity index (χ0n) is 11.8. The second-order valence-corrected chi connectivity index (χ2v) is 5.70. The summed E-state index contributed by atoms with van der Waals surface area (Å²) in [5, 5.41) is 2.48. The molecule has 2 aromatic rings. The molecule has 1 unspecified atom stereocenters. The van der Waals surface area contributed by atoms with Crippen LogP contribution in [0.1, 0.15) is 25.3 Å². The highest BCUT2D eigenvalue weighted by Gasteiger charge is 2.22. The van der Waals surface area contributed by atoms with Crippen molar-refractivity contribution in [2.45, 2.75) is 32.2 Å². The van der Waals surface area contributed by atoms with E-state index in [1.54, 1.807) is 0 Å². The van der Waals surface area contributed by atoms with E-state index in [1.807, 2.05) is 6.92 Å². The van der Waals surface area contributed by atoms with E-state index in [0.717, 1.165) is 24.7 Å². The van der Waals surface area contributed by atoms with Crippen molar-refractivity contribution < 1.29 is 4.74 Å². The highest BCUT2D eigenvalue weighted by atomic mass is 35.5.